The standard InChI is InChI=1S/C19H27ClN4O/c1-6-12(2)22-19(25)14(4)21-11-18-13(3)23-24(15(18)5)17-9-7-16(20)8-10-17/h7-10,12,14,21H,6,11H2,1-5H3,(H,22,25). The van der Waals surface area contributed by atoms with Crippen LogP contribution in [0.25, 0.3) is 5.69 Å². The number of carbonyl (C=O) groups is 1. The largest absolute Gasteiger partial charge is 0.352 e. The zero-order valence-electron chi connectivity index (χ0n) is 15.6. The molecule has 2 atom stereocenters. The van der Waals surface area contributed by atoms with Crippen molar-refractivity contribution < 1.29 is 4.79 Å². The fourth-order valence-corrected chi connectivity index (χ4v) is 2.71. The quantitative estimate of drug-likeness (QED) is 0.792. The zero-order chi connectivity index (χ0) is 18.6. The van der Waals surface area contributed by atoms with Crippen LogP contribution in [0, 0.1) is 13.8 Å². The van der Waals surface area contributed by atoms with Gasteiger partial charge in [0.1, 0.15) is 0 Å². The van der Waals surface area contributed by atoms with E-state index in [0.29, 0.717) is 11.6 Å². The molecule has 1 aromatic heterocycles. The van der Waals surface area contributed by atoms with Gasteiger partial charge < -0.3 is 10.6 Å². The second-order valence-electron chi connectivity index (χ2n) is 6.46. The van der Waals surface area contributed by atoms with Crippen LogP contribution >= 0.6 is 11.6 Å². The fourth-order valence-electron chi connectivity index (χ4n) is 2.58. The summed E-state index contributed by atoms with van der Waals surface area (Å²) in [4.78, 5) is 12.2. The molecule has 5 nitrogen and oxygen atoms in total. The van der Waals surface area contributed by atoms with Crippen molar-refractivity contribution in [1.29, 1.82) is 0 Å². The van der Waals surface area contributed by atoms with Crippen LogP contribution in [0.2, 0.25) is 5.02 Å². The van der Waals surface area contributed by atoms with Crippen molar-refractivity contribution in [2.75, 3.05) is 0 Å². The molecule has 0 bridgehead atoms. The van der Waals surface area contributed by atoms with Gasteiger partial charge in [-0.25, -0.2) is 4.68 Å². The number of rotatable bonds is 7. The molecule has 0 saturated heterocycles. The maximum absolute atomic E-state index is 12.2. The number of hydrogen-bond acceptors (Lipinski definition) is 3. The summed E-state index contributed by atoms with van der Waals surface area (Å²) in [5, 5.41) is 11.6. The third-order valence-corrected chi connectivity index (χ3v) is 4.74. The molecule has 1 aromatic carbocycles. The van der Waals surface area contributed by atoms with E-state index >= 15 is 0 Å². The minimum atomic E-state index is -0.258. The van der Waals surface area contributed by atoms with Gasteiger partial charge in [-0.2, -0.15) is 5.10 Å². The number of amides is 1. The molecule has 2 aromatic rings. The van der Waals surface area contributed by atoms with Crippen LogP contribution in [-0.4, -0.2) is 27.8 Å². The first-order valence-electron chi connectivity index (χ1n) is 8.68. The summed E-state index contributed by atoms with van der Waals surface area (Å²) in [5.41, 5.74) is 4.09. The van der Waals surface area contributed by atoms with Gasteiger partial charge in [-0.05, 0) is 58.4 Å². The lowest BCUT2D eigenvalue weighted by Crippen LogP contribution is -2.45. The molecule has 136 valence electrons. The third kappa shape index (κ3) is 4.83. The molecule has 2 N–H and O–H groups in total. The number of benzene rings is 1. The Labute approximate surface area is 154 Å². The van der Waals surface area contributed by atoms with Gasteiger partial charge in [-0.1, -0.05) is 18.5 Å². The summed E-state index contributed by atoms with van der Waals surface area (Å²) in [6.45, 7) is 10.6. The number of carbonyl (C=O) groups excluding carboxylic acids is 1. The van der Waals surface area contributed by atoms with Crippen LogP contribution in [0.3, 0.4) is 0 Å². The summed E-state index contributed by atoms with van der Waals surface area (Å²) in [7, 11) is 0. The maximum Gasteiger partial charge on any atom is 0.237 e. The van der Waals surface area contributed by atoms with Gasteiger partial charge in [0.05, 0.1) is 17.4 Å². The highest BCUT2D eigenvalue weighted by molar-refractivity contribution is 6.30. The van der Waals surface area contributed by atoms with Gasteiger partial charge >= 0.3 is 0 Å². The first kappa shape index (κ1) is 19.5. The number of aromatic nitrogens is 2. The predicted molar refractivity (Wildman–Crippen MR) is 102 cm³/mol. The summed E-state index contributed by atoms with van der Waals surface area (Å²) >= 11 is 5.96. The number of nitrogens with one attached hydrogen (secondary N) is 2. The van der Waals surface area contributed by atoms with E-state index in [-0.39, 0.29) is 18.0 Å². The summed E-state index contributed by atoms with van der Waals surface area (Å²) in [6.07, 6.45) is 0.921. The van der Waals surface area contributed by atoms with Gasteiger partial charge in [0.2, 0.25) is 5.91 Å². The minimum absolute atomic E-state index is 0.0229. The number of hydrogen-bond donors (Lipinski definition) is 2. The second-order valence-corrected chi connectivity index (χ2v) is 6.89. The van der Waals surface area contributed by atoms with E-state index in [9.17, 15) is 4.79 Å². The van der Waals surface area contributed by atoms with Crippen molar-refractivity contribution in [3.05, 3.63) is 46.2 Å². The highest BCUT2D eigenvalue weighted by atomic mass is 35.5. The molecule has 0 fully saturated rings. The SMILES string of the molecule is CCC(C)NC(=O)C(C)NCc1c(C)nn(-c2ccc(Cl)cc2)c1C. The molecule has 0 aliphatic carbocycles. The Bertz CT molecular complexity index is 724. The van der Waals surface area contributed by atoms with E-state index in [2.05, 4.69) is 22.7 Å². The lowest BCUT2D eigenvalue weighted by atomic mass is 10.1. The van der Waals surface area contributed by atoms with Gasteiger partial charge in [-0.3, -0.25) is 4.79 Å². The molecule has 0 spiro atoms. The molecule has 0 aliphatic rings. The molecule has 1 amide bonds. The second kappa shape index (κ2) is 8.50. The normalized spacial score (nSPS) is 13.5. The molecule has 2 rings (SSSR count). The van der Waals surface area contributed by atoms with Gasteiger partial charge in [-0.15, -0.1) is 0 Å². The molecule has 0 saturated carbocycles. The molecular weight excluding hydrogens is 336 g/mol. The van der Waals surface area contributed by atoms with Crippen molar-refractivity contribution >= 4 is 17.5 Å². The van der Waals surface area contributed by atoms with E-state index in [1.54, 1.807) is 0 Å². The lowest BCUT2D eigenvalue weighted by molar-refractivity contribution is -0.123. The Hall–Kier alpha value is -1.85. The predicted octanol–water partition coefficient (Wildman–Crippen LogP) is 3.54. The first-order chi connectivity index (χ1) is 11.8. The highest BCUT2D eigenvalue weighted by Crippen LogP contribution is 2.19. The minimum Gasteiger partial charge on any atom is -0.352 e. The van der Waals surface area contributed by atoms with Gasteiger partial charge in [0.25, 0.3) is 0 Å². The van der Waals surface area contributed by atoms with Gasteiger partial charge in [0, 0.05) is 28.9 Å². The first-order valence-corrected chi connectivity index (χ1v) is 9.06. The van der Waals surface area contributed by atoms with Crippen LogP contribution in [0.1, 0.15) is 44.1 Å². The molecule has 0 aliphatic heterocycles. The van der Waals surface area contributed by atoms with E-state index in [1.807, 2.05) is 56.6 Å². The molecule has 0 radical (unpaired) electrons. The highest BCUT2D eigenvalue weighted by Gasteiger charge is 2.17. The van der Waals surface area contributed by atoms with E-state index in [1.165, 1.54) is 0 Å². The topological polar surface area (TPSA) is 59.0 Å². The van der Waals surface area contributed by atoms with Crippen molar-refractivity contribution in [2.45, 2.75) is 59.7 Å². The number of nitrogens with zero attached hydrogens (tertiary/aromatic N) is 2. The van der Waals surface area contributed by atoms with Crippen LogP contribution < -0.4 is 10.6 Å². The average molecular weight is 363 g/mol. The Kier molecular flexibility index (Phi) is 6.62. The third-order valence-electron chi connectivity index (χ3n) is 4.49. The summed E-state index contributed by atoms with van der Waals surface area (Å²) < 4.78 is 1.91. The maximum atomic E-state index is 12.2. The summed E-state index contributed by atoms with van der Waals surface area (Å²) in [6, 6.07) is 7.53. The number of halogens is 1. The van der Waals surface area contributed by atoms with E-state index < -0.39 is 0 Å². The Morgan fingerprint density at radius 1 is 1.24 bits per heavy atom. The van der Waals surface area contributed by atoms with E-state index in [0.717, 1.165) is 29.1 Å². The van der Waals surface area contributed by atoms with Crippen LogP contribution in [0.4, 0.5) is 0 Å². The Morgan fingerprint density at radius 3 is 2.48 bits per heavy atom. The van der Waals surface area contributed by atoms with Crippen molar-refractivity contribution in [3.8, 4) is 5.69 Å². The van der Waals surface area contributed by atoms with Gasteiger partial charge in [0.15, 0.2) is 0 Å². The average Bonchev–Trinajstić information content (AvgIpc) is 2.87. The molecular formula is C19H27ClN4O. The Balaban J connectivity index is 2.08. The number of aryl methyl sites for hydroxylation is 1. The Morgan fingerprint density at radius 2 is 1.88 bits per heavy atom. The lowest BCUT2D eigenvalue weighted by Gasteiger charge is -2.17. The van der Waals surface area contributed by atoms with Crippen LogP contribution in [-0.2, 0) is 11.3 Å². The smallest absolute Gasteiger partial charge is 0.237 e. The zero-order valence-corrected chi connectivity index (χ0v) is 16.3. The molecule has 2 unspecified atom stereocenters. The monoisotopic (exact) mass is 362 g/mol. The van der Waals surface area contributed by atoms with Crippen LogP contribution in [0.15, 0.2) is 24.3 Å². The van der Waals surface area contributed by atoms with E-state index in [4.69, 9.17) is 11.6 Å². The molecule has 1 heterocycles. The van der Waals surface area contributed by atoms with Crippen molar-refractivity contribution in [2.24, 2.45) is 0 Å². The molecule has 6 heteroatoms. The summed E-state index contributed by atoms with van der Waals surface area (Å²) in [5.74, 6) is 0.0229. The van der Waals surface area contributed by atoms with Crippen molar-refractivity contribution in [1.82, 2.24) is 20.4 Å². The van der Waals surface area contributed by atoms with Crippen LogP contribution in [0.5, 0.6) is 0 Å². The van der Waals surface area contributed by atoms with Crippen molar-refractivity contribution in [3.63, 3.8) is 0 Å². The fraction of sp³-hybridized carbons (Fsp3) is 0.474. The molecule has 25 heavy (non-hydrogen) atoms.